The van der Waals surface area contributed by atoms with Gasteiger partial charge >= 0.3 is 8.56 Å². The van der Waals surface area contributed by atoms with Crippen molar-refractivity contribution >= 4 is 25.2 Å². The molecule has 0 aromatic rings. The van der Waals surface area contributed by atoms with Gasteiger partial charge in [-0.2, -0.15) is 0 Å². The van der Waals surface area contributed by atoms with Crippen molar-refractivity contribution in [1.82, 2.24) is 0 Å². The maximum atomic E-state index is 6.29. The molecule has 1 heterocycles. The summed E-state index contributed by atoms with van der Waals surface area (Å²) in [6.07, 6.45) is 0. The Hall–Kier alpha value is 0.531. The summed E-state index contributed by atoms with van der Waals surface area (Å²) in [5.41, 5.74) is 0.398. The molecule has 3 nitrogen and oxygen atoms in total. The van der Waals surface area contributed by atoms with E-state index in [2.05, 4.69) is 45.8 Å². The van der Waals surface area contributed by atoms with Gasteiger partial charge < -0.3 is 13.0 Å². The van der Waals surface area contributed by atoms with Crippen molar-refractivity contribution in [3.05, 3.63) is 0 Å². The molecular formula is C9H24O3Si3. The molecule has 1 fully saturated rings. The molecule has 15 heavy (non-hydrogen) atoms. The lowest BCUT2D eigenvalue weighted by Gasteiger charge is -2.36. The second kappa shape index (κ2) is 4.08. The third-order valence-corrected chi connectivity index (χ3v) is 12.5. The molecule has 1 atom stereocenters. The lowest BCUT2D eigenvalue weighted by Crippen LogP contribution is -2.53. The minimum atomic E-state index is -1.95. The number of ether oxygens (including phenoxy) is 1. The smallest absolute Gasteiger partial charge is 0.311 e. The lowest BCUT2D eigenvalue weighted by molar-refractivity contribution is 0.369. The molecular weight excluding hydrogens is 240 g/mol. The predicted molar refractivity (Wildman–Crippen MR) is 70.2 cm³/mol. The fourth-order valence-electron chi connectivity index (χ4n) is 1.91. The topological polar surface area (TPSA) is 31.0 Å². The Morgan fingerprint density at radius 1 is 0.933 bits per heavy atom. The Morgan fingerprint density at radius 2 is 1.40 bits per heavy atom. The summed E-state index contributed by atoms with van der Waals surface area (Å²) in [7, 11) is -5.11. The Bertz CT molecular complexity index is 231. The van der Waals surface area contributed by atoms with Crippen LogP contribution < -0.4 is 0 Å². The van der Waals surface area contributed by atoms with Gasteiger partial charge in [0, 0.05) is 0 Å². The molecule has 0 radical (unpaired) electrons. The van der Waals surface area contributed by atoms with Gasteiger partial charge in [-0.05, 0) is 45.8 Å². The zero-order valence-electron chi connectivity index (χ0n) is 11.0. The number of epoxide rings is 1. The molecule has 0 aromatic heterocycles. The first-order chi connectivity index (χ1) is 6.52. The molecule has 0 N–H and O–H groups in total. The van der Waals surface area contributed by atoms with Crippen molar-refractivity contribution in [2.45, 2.75) is 51.6 Å². The quantitative estimate of drug-likeness (QED) is 0.565. The predicted octanol–water partition coefficient (Wildman–Crippen LogP) is 2.70. The van der Waals surface area contributed by atoms with Crippen LogP contribution in [0.1, 0.15) is 0 Å². The van der Waals surface area contributed by atoms with E-state index in [-0.39, 0.29) is 0 Å². The van der Waals surface area contributed by atoms with E-state index in [1.165, 1.54) is 0 Å². The summed E-state index contributed by atoms with van der Waals surface area (Å²) < 4.78 is 17.8. The van der Waals surface area contributed by atoms with Crippen molar-refractivity contribution in [2.24, 2.45) is 0 Å². The Kier molecular flexibility index (Phi) is 3.70. The van der Waals surface area contributed by atoms with Gasteiger partial charge in [0.25, 0.3) is 0 Å². The molecule has 0 bridgehead atoms. The highest BCUT2D eigenvalue weighted by Gasteiger charge is 2.48. The van der Waals surface area contributed by atoms with Crippen molar-refractivity contribution in [1.29, 1.82) is 0 Å². The van der Waals surface area contributed by atoms with E-state index in [0.717, 1.165) is 6.61 Å². The number of hydrogen-bond acceptors (Lipinski definition) is 3. The highest BCUT2D eigenvalue weighted by Crippen LogP contribution is 2.28. The minimum absolute atomic E-state index is 0.398. The first-order valence-corrected chi connectivity index (χ1v) is 14.7. The van der Waals surface area contributed by atoms with Gasteiger partial charge in [-0.25, -0.2) is 0 Å². The van der Waals surface area contributed by atoms with Crippen LogP contribution in [-0.2, 0) is 13.0 Å². The molecule has 0 amide bonds. The zero-order valence-corrected chi connectivity index (χ0v) is 14.0. The first kappa shape index (κ1) is 13.6. The maximum Gasteiger partial charge on any atom is 0.311 e. The Balaban J connectivity index is 2.54. The normalized spacial score (nSPS) is 23.0. The van der Waals surface area contributed by atoms with Crippen LogP contribution >= 0.6 is 0 Å². The first-order valence-electron chi connectivity index (χ1n) is 5.54. The third kappa shape index (κ3) is 4.92. The molecule has 0 spiro atoms. The van der Waals surface area contributed by atoms with Gasteiger partial charge in [0.15, 0.2) is 8.32 Å². The van der Waals surface area contributed by atoms with E-state index in [9.17, 15) is 0 Å². The van der Waals surface area contributed by atoms with E-state index in [4.69, 9.17) is 13.0 Å². The van der Waals surface area contributed by atoms with Gasteiger partial charge in [-0.3, -0.25) is 0 Å². The number of hydrogen-bond donors (Lipinski definition) is 0. The van der Waals surface area contributed by atoms with Gasteiger partial charge in [0.1, 0.15) is 0 Å². The summed E-state index contributed by atoms with van der Waals surface area (Å²) in [5, 5.41) is 0. The second-order valence-electron chi connectivity index (χ2n) is 6.14. The Morgan fingerprint density at radius 3 is 1.73 bits per heavy atom. The lowest BCUT2D eigenvalue weighted by atomic mass is 11.0. The summed E-state index contributed by atoms with van der Waals surface area (Å²) in [6, 6.07) is 0. The third-order valence-electron chi connectivity index (χ3n) is 2.17. The highest BCUT2D eigenvalue weighted by molar-refractivity contribution is 6.88. The molecule has 6 heteroatoms. The average molecular weight is 265 g/mol. The molecule has 0 aromatic carbocycles. The van der Waals surface area contributed by atoms with Crippen LogP contribution in [0.5, 0.6) is 0 Å². The van der Waals surface area contributed by atoms with E-state index in [1.807, 2.05) is 0 Å². The highest BCUT2D eigenvalue weighted by atomic mass is 28.5. The van der Waals surface area contributed by atoms with Crippen LogP contribution in [-0.4, -0.2) is 37.5 Å². The summed E-state index contributed by atoms with van der Waals surface area (Å²) in [5.74, 6) is 0. The van der Waals surface area contributed by atoms with Crippen molar-refractivity contribution < 1.29 is 13.0 Å². The SMILES string of the molecule is C[Si](C)(C)O[Si](C)(C)O[Si](C)(C)C1CO1. The van der Waals surface area contributed by atoms with E-state index >= 15 is 0 Å². The minimum Gasteiger partial charge on any atom is -0.437 e. The summed E-state index contributed by atoms with van der Waals surface area (Å²) >= 11 is 0. The van der Waals surface area contributed by atoms with Crippen LogP contribution in [0, 0.1) is 0 Å². The van der Waals surface area contributed by atoms with Crippen LogP contribution in [0.25, 0.3) is 0 Å². The maximum absolute atomic E-state index is 6.29. The largest absolute Gasteiger partial charge is 0.437 e. The van der Waals surface area contributed by atoms with Crippen LogP contribution in [0.15, 0.2) is 0 Å². The molecule has 1 aliphatic heterocycles. The van der Waals surface area contributed by atoms with E-state index in [1.54, 1.807) is 0 Å². The van der Waals surface area contributed by atoms with Crippen LogP contribution in [0.4, 0.5) is 0 Å². The van der Waals surface area contributed by atoms with E-state index < -0.39 is 25.2 Å². The summed E-state index contributed by atoms with van der Waals surface area (Å²) in [4.78, 5) is 0. The molecule has 1 aliphatic rings. The monoisotopic (exact) mass is 264 g/mol. The molecule has 0 saturated carbocycles. The fourth-order valence-corrected chi connectivity index (χ4v) is 14.8. The van der Waals surface area contributed by atoms with Crippen molar-refractivity contribution in [3.63, 3.8) is 0 Å². The van der Waals surface area contributed by atoms with Crippen LogP contribution in [0.3, 0.4) is 0 Å². The fraction of sp³-hybridized carbons (Fsp3) is 1.00. The molecule has 1 saturated heterocycles. The molecule has 90 valence electrons. The van der Waals surface area contributed by atoms with Gasteiger partial charge in [0.2, 0.25) is 8.32 Å². The van der Waals surface area contributed by atoms with Gasteiger partial charge in [-0.1, -0.05) is 0 Å². The van der Waals surface area contributed by atoms with Gasteiger partial charge in [0.05, 0.1) is 12.3 Å². The second-order valence-corrected chi connectivity index (χ2v) is 18.6. The van der Waals surface area contributed by atoms with Crippen LogP contribution in [0.2, 0.25) is 45.8 Å². The van der Waals surface area contributed by atoms with Gasteiger partial charge in [-0.15, -0.1) is 0 Å². The summed E-state index contributed by atoms with van der Waals surface area (Å²) in [6.45, 7) is 16.3. The van der Waals surface area contributed by atoms with Crippen molar-refractivity contribution in [2.75, 3.05) is 6.61 Å². The Labute approximate surface area is 96.6 Å². The van der Waals surface area contributed by atoms with E-state index in [0.29, 0.717) is 5.73 Å². The molecule has 1 rings (SSSR count). The average Bonchev–Trinajstić information content (AvgIpc) is 2.53. The standard InChI is InChI=1S/C9H24O3Si3/c1-13(2,3)11-15(6,7)12-14(4,5)9-8-10-9/h9H,8H2,1-7H3. The molecule has 0 aliphatic carbocycles. The molecule has 1 unspecified atom stereocenters. The number of rotatable bonds is 5. The zero-order chi connectivity index (χ0) is 11.9. The van der Waals surface area contributed by atoms with Crippen molar-refractivity contribution in [3.8, 4) is 0 Å².